The predicted molar refractivity (Wildman–Crippen MR) is 108 cm³/mol. The Morgan fingerprint density at radius 1 is 1.36 bits per heavy atom. The van der Waals surface area contributed by atoms with Gasteiger partial charge in [-0.25, -0.2) is 0 Å². The molecule has 0 unspecified atom stereocenters. The number of nitrogens with zero attached hydrogens (tertiary/aromatic N) is 4. The smallest absolute Gasteiger partial charge is 0.270 e. The number of ether oxygens (including phenoxy) is 1. The van der Waals surface area contributed by atoms with Crippen molar-refractivity contribution in [3.8, 4) is 5.75 Å². The van der Waals surface area contributed by atoms with Gasteiger partial charge in [0.2, 0.25) is 0 Å². The molecule has 0 bridgehead atoms. The molecule has 1 N–H and O–H groups in total. The molecule has 1 amide bonds. The van der Waals surface area contributed by atoms with Crippen LogP contribution in [0.5, 0.6) is 5.75 Å². The lowest BCUT2D eigenvalue weighted by Gasteiger charge is -2.31. The number of aromatic amines is 1. The number of carbonyl (C=O) groups excluding carboxylic acids is 1. The summed E-state index contributed by atoms with van der Waals surface area (Å²) in [6.07, 6.45) is 5.86. The summed E-state index contributed by atoms with van der Waals surface area (Å²) in [5.74, 6) is 2.05. The lowest BCUT2D eigenvalue weighted by atomic mass is 9.97. The summed E-state index contributed by atoms with van der Waals surface area (Å²) in [6, 6.07) is 7.87. The number of likely N-dealkylation sites (tertiary alicyclic amines) is 1. The maximum atomic E-state index is 13.1. The SMILES string of the molecule is CCCCOc1ccc2cc(C(=O)N3CCC[C@H](c4nncn4C)C3)[nH]c2c1. The number of aromatic nitrogens is 4. The molecule has 0 radical (unpaired) electrons. The van der Waals surface area contributed by atoms with E-state index in [1.54, 1.807) is 6.33 Å². The van der Waals surface area contributed by atoms with Gasteiger partial charge in [0.1, 0.15) is 23.6 Å². The van der Waals surface area contributed by atoms with E-state index in [1.165, 1.54) is 0 Å². The van der Waals surface area contributed by atoms with Gasteiger partial charge in [-0.1, -0.05) is 13.3 Å². The Balaban J connectivity index is 1.49. The van der Waals surface area contributed by atoms with Crippen LogP contribution in [0.2, 0.25) is 0 Å². The van der Waals surface area contributed by atoms with E-state index >= 15 is 0 Å². The fraction of sp³-hybridized carbons (Fsp3) is 0.476. The molecule has 7 heteroatoms. The number of piperidine rings is 1. The molecular weight excluding hydrogens is 354 g/mol. The zero-order valence-corrected chi connectivity index (χ0v) is 16.5. The van der Waals surface area contributed by atoms with Crippen molar-refractivity contribution in [1.29, 1.82) is 0 Å². The minimum atomic E-state index is 0.0384. The van der Waals surface area contributed by atoms with E-state index in [0.717, 1.165) is 54.7 Å². The molecule has 1 aliphatic heterocycles. The number of carbonyl (C=O) groups is 1. The highest BCUT2D eigenvalue weighted by atomic mass is 16.5. The van der Waals surface area contributed by atoms with Gasteiger partial charge in [-0.2, -0.15) is 0 Å². The number of amides is 1. The molecule has 1 aromatic carbocycles. The zero-order chi connectivity index (χ0) is 19.5. The standard InChI is InChI=1S/C21H27N5O2/c1-3-4-10-28-17-8-7-15-11-19(23-18(15)12-17)21(27)26-9-5-6-16(13-26)20-24-22-14-25(20)2/h7-8,11-12,14,16,23H,3-6,9-10,13H2,1-2H3/t16-/m0/s1. The molecule has 0 spiro atoms. The van der Waals surface area contributed by atoms with Crippen molar-refractivity contribution in [3.05, 3.63) is 42.1 Å². The average molecular weight is 381 g/mol. The number of hydrogen-bond donors (Lipinski definition) is 1. The van der Waals surface area contributed by atoms with Crippen LogP contribution >= 0.6 is 0 Å². The van der Waals surface area contributed by atoms with Gasteiger partial charge < -0.3 is 19.2 Å². The topological polar surface area (TPSA) is 76.0 Å². The highest BCUT2D eigenvalue weighted by molar-refractivity contribution is 5.98. The number of H-pyrrole nitrogens is 1. The van der Waals surface area contributed by atoms with Gasteiger partial charge in [-0.3, -0.25) is 4.79 Å². The number of fused-ring (bicyclic) bond motifs is 1. The van der Waals surface area contributed by atoms with E-state index in [-0.39, 0.29) is 11.8 Å². The lowest BCUT2D eigenvalue weighted by Crippen LogP contribution is -2.39. The van der Waals surface area contributed by atoms with Crippen LogP contribution in [0, 0.1) is 0 Å². The second kappa shape index (κ2) is 8.04. The summed E-state index contributed by atoms with van der Waals surface area (Å²) in [6.45, 7) is 4.30. The van der Waals surface area contributed by atoms with Crippen LogP contribution in [0.25, 0.3) is 10.9 Å². The van der Waals surface area contributed by atoms with Crippen LogP contribution in [0.15, 0.2) is 30.6 Å². The molecule has 148 valence electrons. The number of benzene rings is 1. The van der Waals surface area contributed by atoms with Gasteiger partial charge in [0, 0.05) is 43.0 Å². The van der Waals surface area contributed by atoms with Crippen LogP contribution in [0.1, 0.15) is 54.8 Å². The molecule has 1 atom stereocenters. The lowest BCUT2D eigenvalue weighted by molar-refractivity contribution is 0.0698. The Kier molecular flexibility index (Phi) is 5.32. The number of hydrogen-bond acceptors (Lipinski definition) is 4. The Morgan fingerprint density at radius 2 is 2.25 bits per heavy atom. The summed E-state index contributed by atoms with van der Waals surface area (Å²) in [4.78, 5) is 18.3. The van der Waals surface area contributed by atoms with E-state index in [0.29, 0.717) is 18.8 Å². The largest absolute Gasteiger partial charge is 0.494 e. The van der Waals surface area contributed by atoms with Crippen LogP contribution in [-0.2, 0) is 7.05 Å². The van der Waals surface area contributed by atoms with Gasteiger partial charge in [0.15, 0.2) is 0 Å². The molecule has 1 saturated heterocycles. The first-order valence-electron chi connectivity index (χ1n) is 10.0. The molecular formula is C21H27N5O2. The van der Waals surface area contributed by atoms with Gasteiger partial charge in [0.05, 0.1) is 6.61 Å². The molecule has 3 heterocycles. The first-order chi connectivity index (χ1) is 13.7. The molecule has 1 fully saturated rings. The minimum Gasteiger partial charge on any atom is -0.494 e. The molecule has 0 saturated carbocycles. The van der Waals surface area contributed by atoms with Crippen LogP contribution in [0.4, 0.5) is 0 Å². The summed E-state index contributed by atoms with van der Waals surface area (Å²) < 4.78 is 7.72. The molecule has 7 nitrogen and oxygen atoms in total. The molecule has 4 rings (SSSR count). The quantitative estimate of drug-likeness (QED) is 0.663. The number of rotatable bonds is 6. The first kappa shape index (κ1) is 18.5. The monoisotopic (exact) mass is 381 g/mol. The zero-order valence-electron chi connectivity index (χ0n) is 16.5. The van der Waals surface area contributed by atoms with E-state index in [1.807, 2.05) is 40.8 Å². The van der Waals surface area contributed by atoms with Crippen LogP contribution in [-0.4, -0.2) is 50.3 Å². The van der Waals surface area contributed by atoms with Crippen molar-refractivity contribution in [2.45, 2.75) is 38.5 Å². The van der Waals surface area contributed by atoms with Crippen molar-refractivity contribution in [2.24, 2.45) is 7.05 Å². The Bertz CT molecular complexity index is 961. The third kappa shape index (κ3) is 3.74. The molecule has 3 aromatic rings. The molecule has 0 aliphatic carbocycles. The van der Waals surface area contributed by atoms with E-state index in [2.05, 4.69) is 22.1 Å². The first-order valence-corrected chi connectivity index (χ1v) is 10.0. The van der Waals surface area contributed by atoms with E-state index in [4.69, 9.17) is 4.74 Å². The van der Waals surface area contributed by atoms with Crippen molar-refractivity contribution >= 4 is 16.8 Å². The fourth-order valence-electron chi connectivity index (χ4n) is 3.85. The summed E-state index contributed by atoms with van der Waals surface area (Å²) in [5.41, 5.74) is 1.55. The minimum absolute atomic E-state index is 0.0384. The Labute approximate surface area is 164 Å². The maximum Gasteiger partial charge on any atom is 0.270 e. The number of nitrogens with one attached hydrogen (secondary N) is 1. The summed E-state index contributed by atoms with van der Waals surface area (Å²) in [7, 11) is 1.95. The predicted octanol–water partition coefficient (Wildman–Crippen LogP) is 3.50. The highest BCUT2D eigenvalue weighted by Crippen LogP contribution is 2.27. The summed E-state index contributed by atoms with van der Waals surface area (Å²) in [5, 5.41) is 9.24. The Morgan fingerprint density at radius 3 is 3.04 bits per heavy atom. The van der Waals surface area contributed by atoms with Crippen molar-refractivity contribution in [1.82, 2.24) is 24.6 Å². The van der Waals surface area contributed by atoms with Gasteiger partial charge >= 0.3 is 0 Å². The van der Waals surface area contributed by atoms with Gasteiger partial charge in [-0.15, -0.1) is 10.2 Å². The Hall–Kier alpha value is -2.83. The normalized spacial score (nSPS) is 17.2. The van der Waals surface area contributed by atoms with Crippen molar-refractivity contribution < 1.29 is 9.53 Å². The molecule has 28 heavy (non-hydrogen) atoms. The third-order valence-corrected chi connectivity index (χ3v) is 5.41. The van der Waals surface area contributed by atoms with E-state index in [9.17, 15) is 4.79 Å². The van der Waals surface area contributed by atoms with E-state index < -0.39 is 0 Å². The number of aryl methyl sites for hydroxylation is 1. The van der Waals surface area contributed by atoms with Gasteiger partial charge in [0.25, 0.3) is 5.91 Å². The third-order valence-electron chi connectivity index (χ3n) is 5.41. The van der Waals surface area contributed by atoms with Gasteiger partial charge in [-0.05, 0) is 37.5 Å². The average Bonchev–Trinajstić information content (AvgIpc) is 3.33. The van der Waals surface area contributed by atoms with Crippen molar-refractivity contribution in [3.63, 3.8) is 0 Å². The molecule has 2 aromatic heterocycles. The second-order valence-electron chi connectivity index (χ2n) is 7.52. The van der Waals surface area contributed by atoms with Crippen LogP contribution < -0.4 is 4.74 Å². The van der Waals surface area contributed by atoms with Crippen LogP contribution in [0.3, 0.4) is 0 Å². The maximum absolute atomic E-state index is 13.1. The van der Waals surface area contributed by atoms with Crippen molar-refractivity contribution in [2.75, 3.05) is 19.7 Å². The summed E-state index contributed by atoms with van der Waals surface area (Å²) >= 11 is 0. The highest BCUT2D eigenvalue weighted by Gasteiger charge is 2.28. The number of unbranched alkanes of at least 4 members (excludes halogenated alkanes) is 1. The molecule has 1 aliphatic rings. The fourth-order valence-corrected chi connectivity index (χ4v) is 3.85. The second-order valence-corrected chi connectivity index (χ2v) is 7.52.